The van der Waals surface area contributed by atoms with Gasteiger partial charge in [-0.05, 0) is 18.9 Å². The fourth-order valence-electron chi connectivity index (χ4n) is 2.39. The van der Waals surface area contributed by atoms with E-state index in [2.05, 4.69) is 9.97 Å². The predicted octanol–water partition coefficient (Wildman–Crippen LogP) is 4.18. The highest BCUT2D eigenvalue weighted by Gasteiger charge is 2.28. The third-order valence-electron chi connectivity index (χ3n) is 3.42. The summed E-state index contributed by atoms with van der Waals surface area (Å²) >= 11 is 18.9. The highest BCUT2D eigenvalue weighted by Crippen LogP contribution is 2.32. The van der Waals surface area contributed by atoms with Crippen LogP contribution in [-0.2, 0) is 0 Å². The number of thiophene rings is 1. The summed E-state index contributed by atoms with van der Waals surface area (Å²) in [6, 6.07) is 1.86. The lowest BCUT2D eigenvalue weighted by Crippen LogP contribution is -2.44. The molecule has 1 atom stereocenters. The van der Waals surface area contributed by atoms with Crippen LogP contribution in [-0.4, -0.2) is 40.0 Å². The minimum atomic E-state index is -0.165. The van der Waals surface area contributed by atoms with Crippen molar-refractivity contribution in [1.82, 2.24) is 14.9 Å². The molecule has 122 valence electrons. The number of likely N-dealkylation sites (tertiary alicyclic amines) is 1. The molecule has 0 saturated carbocycles. The van der Waals surface area contributed by atoms with Crippen LogP contribution in [0.2, 0.25) is 13.7 Å². The lowest BCUT2D eigenvalue weighted by Gasteiger charge is -2.32. The van der Waals surface area contributed by atoms with E-state index in [1.165, 1.54) is 23.7 Å². The number of carbonyl (C=O) groups excluding carboxylic acids is 1. The normalized spacial score (nSPS) is 18.0. The quantitative estimate of drug-likeness (QED) is 0.786. The van der Waals surface area contributed by atoms with Crippen molar-refractivity contribution in [3.8, 4) is 6.01 Å². The first-order valence-electron chi connectivity index (χ1n) is 6.91. The van der Waals surface area contributed by atoms with Gasteiger partial charge in [0, 0.05) is 6.54 Å². The van der Waals surface area contributed by atoms with Crippen LogP contribution in [0, 0.1) is 0 Å². The van der Waals surface area contributed by atoms with Crippen molar-refractivity contribution in [3.05, 3.63) is 37.7 Å². The second-order valence-corrected chi connectivity index (χ2v) is 7.78. The van der Waals surface area contributed by atoms with Crippen LogP contribution in [0.3, 0.4) is 0 Å². The molecule has 1 unspecified atom stereocenters. The highest BCUT2D eigenvalue weighted by molar-refractivity contribution is 7.20. The zero-order chi connectivity index (χ0) is 16.4. The van der Waals surface area contributed by atoms with Gasteiger partial charge in [0.25, 0.3) is 5.91 Å². The van der Waals surface area contributed by atoms with Gasteiger partial charge in [0.15, 0.2) is 0 Å². The summed E-state index contributed by atoms with van der Waals surface area (Å²) in [6.07, 6.45) is 4.44. The summed E-state index contributed by atoms with van der Waals surface area (Å²) in [4.78, 5) is 22.3. The Bertz CT molecular complexity index is 708. The molecule has 1 aliphatic rings. The largest absolute Gasteiger partial charge is 0.458 e. The Morgan fingerprint density at radius 2 is 2.04 bits per heavy atom. The molecule has 1 saturated heterocycles. The van der Waals surface area contributed by atoms with E-state index in [4.69, 9.17) is 39.5 Å². The van der Waals surface area contributed by atoms with Gasteiger partial charge in [0.05, 0.1) is 33.9 Å². The maximum absolute atomic E-state index is 12.6. The van der Waals surface area contributed by atoms with Gasteiger partial charge in [0.2, 0.25) is 0 Å². The Balaban J connectivity index is 1.67. The molecule has 0 N–H and O–H groups in total. The van der Waals surface area contributed by atoms with Gasteiger partial charge in [-0.1, -0.05) is 34.8 Å². The van der Waals surface area contributed by atoms with Gasteiger partial charge in [-0.15, -0.1) is 11.3 Å². The van der Waals surface area contributed by atoms with Crippen LogP contribution >= 0.6 is 46.1 Å². The summed E-state index contributed by atoms with van der Waals surface area (Å²) in [5, 5.41) is 0.446. The summed E-state index contributed by atoms with van der Waals surface area (Å²) in [5.41, 5.74) is 0.435. The van der Waals surface area contributed by atoms with Gasteiger partial charge >= 0.3 is 6.01 Å². The number of halogens is 3. The summed E-state index contributed by atoms with van der Waals surface area (Å²) in [7, 11) is 0. The van der Waals surface area contributed by atoms with Gasteiger partial charge < -0.3 is 9.64 Å². The Labute approximate surface area is 152 Å². The molecule has 5 nitrogen and oxygen atoms in total. The monoisotopic (exact) mass is 391 g/mol. The van der Waals surface area contributed by atoms with E-state index >= 15 is 0 Å². The molecule has 2 aromatic heterocycles. The highest BCUT2D eigenvalue weighted by atomic mass is 35.5. The van der Waals surface area contributed by atoms with Crippen LogP contribution in [0.4, 0.5) is 0 Å². The van der Waals surface area contributed by atoms with Crippen molar-refractivity contribution in [2.45, 2.75) is 18.9 Å². The van der Waals surface area contributed by atoms with E-state index in [1.807, 2.05) is 0 Å². The number of aromatic nitrogens is 2. The first-order chi connectivity index (χ1) is 11.0. The number of nitrogens with zero attached hydrogens (tertiary/aromatic N) is 3. The Hall–Kier alpha value is -1.08. The van der Waals surface area contributed by atoms with Crippen LogP contribution in [0.5, 0.6) is 6.01 Å². The van der Waals surface area contributed by atoms with Crippen LogP contribution < -0.4 is 4.74 Å². The molecule has 1 fully saturated rings. The molecule has 0 spiro atoms. The predicted molar refractivity (Wildman–Crippen MR) is 90.9 cm³/mol. The second kappa shape index (κ2) is 7.21. The van der Waals surface area contributed by atoms with Gasteiger partial charge in [-0.3, -0.25) is 4.79 Å². The molecular weight excluding hydrogens is 381 g/mol. The number of piperidine rings is 1. The van der Waals surface area contributed by atoms with E-state index < -0.39 is 0 Å². The van der Waals surface area contributed by atoms with Gasteiger partial charge in [-0.2, -0.15) is 0 Å². The average molecular weight is 393 g/mol. The molecule has 0 radical (unpaired) electrons. The molecule has 3 rings (SSSR count). The first-order valence-corrected chi connectivity index (χ1v) is 8.86. The molecule has 1 aliphatic heterocycles. The van der Waals surface area contributed by atoms with E-state index in [9.17, 15) is 4.79 Å². The van der Waals surface area contributed by atoms with E-state index in [-0.39, 0.29) is 18.0 Å². The third kappa shape index (κ3) is 4.07. The molecule has 3 heterocycles. The number of ether oxygens (including phenoxy) is 1. The Morgan fingerprint density at radius 1 is 1.30 bits per heavy atom. The Morgan fingerprint density at radius 3 is 2.70 bits per heavy atom. The van der Waals surface area contributed by atoms with Crippen molar-refractivity contribution >= 4 is 52.0 Å². The SMILES string of the molecule is O=C(c1cc(Cl)sc1Cl)N1CCCC(Oc2ncc(Cl)cn2)C1. The molecule has 0 aromatic carbocycles. The van der Waals surface area contributed by atoms with Crippen LogP contribution in [0.25, 0.3) is 0 Å². The summed E-state index contributed by atoms with van der Waals surface area (Å²) in [6.45, 7) is 1.11. The molecular formula is C14H12Cl3N3O2S. The molecule has 2 aromatic rings. The molecule has 0 aliphatic carbocycles. The number of amides is 1. The lowest BCUT2D eigenvalue weighted by molar-refractivity contribution is 0.0516. The third-order valence-corrected chi connectivity index (χ3v) is 5.10. The standard InChI is InChI=1S/C14H12Cl3N3O2S/c15-8-5-18-14(19-6-8)22-9-2-1-3-20(7-9)13(21)10-4-11(16)23-12(10)17/h4-6,9H,1-3,7H2. The molecule has 9 heteroatoms. The Kier molecular flexibility index (Phi) is 5.26. The summed E-state index contributed by atoms with van der Waals surface area (Å²) in [5.74, 6) is -0.136. The first kappa shape index (κ1) is 16.8. The topological polar surface area (TPSA) is 55.3 Å². The average Bonchev–Trinajstić information content (AvgIpc) is 2.88. The van der Waals surface area contributed by atoms with E-state index in [1.54, 1.807) is 11.0 Å². The van der Waals surface area contributed by atoms with Crippen molar-refractivity contribution in [3.63, 3.8) is 0 Å². The molecule has 1 amide bonds. The minimum absolute atomic E-state index is 0.136. The fourth-order valence-corrected chi connectivity index (χ4v) is 3.93. The fraction of sp³-hybridized carbons (Fsp3) is 0.357. The van der Waals surface area contributed by atoms with Crippen molar-refractivity contribution < 1.29 is 9.53 Å². The zero-order valence-electron chi connectivity index (χ0n) is 11.8. The van der Waals surface area contributed by atoms with Crippen LogP contribution in [0.1, 0.15) is 23.2 Å². The lowest BCUT2D eigenvalue weighted by atomic mass is 10.1. The van der Waals surface area contributed by atoms with Crippen molar-refractivity contribution in [2.75, 3.05) is 13.1 Å². The zero-order valence-corrected chi connectivity index (χ0v) is 14.9. The number of hydrogen-bond donors (Lipinski definition) is 0. The molecule has 23 heavy (non-hydrogen) atoms. The number of hydrogen-bond acceptors (Lipinski definition) is 5. The summed E-state index contributed by atoms with van der Waals surface area (Å²) < 4.78 is 6.64. The van der Waals surface area contributed by atoms with Gasteiger partial charge in [-0.25, -0.2) is 9.97 Å². The van der Waals surface area contributed by atoms with Gasteiger partial charge in [0.1, 0.15) is 10.4 Å². The van der Waals surface area contributed by atoms with Crippen molar-refractivity contribution in [1.29, 1.82) is 0 Å². The van der Waals surface area contributed by atoms with E-state index in [0.717, 1.165) is 12.8 Å². The maximum atomic E-state index is 12.6. The maximum Gasteiger partial charge on any atom is 0.316 e. The molecule has 0 bridgehead atoms. The smallest absolute Gasteiger partial charge is 0.316 e. The second-order valence-electron chi connectivity index (χ2n) is 5.06. The van der Waals surface area contributed by atoms with Crippen LogP contribution in [0.15, 0.2) is 18.5 Å². The van der Waals surface area contributed by atoms with E-state index in [0.29, 0.717) is 32.3 Å². The number of rotatable bonds is 3. The minimum Gasteiger partial charge on any atom is -0.458 e. The number of carbonyl (C=O) groups is 1. The van der Waals surface area contributed by atoms with Crippen molar-refractivity contribution in [2.24, 2.45) is 0 Å².